The van der Waals surface area contributed by atoms with Gasteiger partial charge in [0, 0.05) is 6.04 Å². The molecule has 5 heteroatoms. The van der Waals surface area contributed by atoms with Crippen LogP contribution in [0.15, 0.2) is 0 Å². The molecule has 2 aliphatic rings. The van der Waals surface area contributed by atoms with E-state index in [0.717, 1.165) is 25.7 Å². The lowest BCUT2D eigenvalue weighted by Gasteiger charge is -2.32. The second-order valence-corrected chi connectivity index (χ2v) is 6.79. The van der Waals surface area contributed by atoms with Crippen LogP contribution >= 0.6 is 12.4 Å². The van der Waals surface area contributed by atoms with Crippen LogP contribution in [0.25, 0.3) is 0 Å². The maximum Gasteiger partial charge on any atom is 0.249 e. The smallest absolute Gasteiger partial charge is 0.249 e. The molecular formula is C17H33ClN2O2. The number of carbonyl (C=O) groups excluding carboxylic acids is 1. The number of halogens is 1. The number of hydrogen-bond donors (Lipinski definition) is 2. The summed E-state index contributed by atoms with van der Waals surface area (Å²) in [5.41, 5.74) is 5.83. The molecule has 0 bridgehead atoms. The van der Waals surface area contributed by atoms with Crippen molar-refractivity contribution in [1.82, 2.24) is 5.32 Å². The fourth-order valence-corrected chi connectivity index (χ4v) is 3.71. The van der Waals surface area contributed by atoms with E-state index in [2.05, 4.69) is 5.32 Å². The lowest BCUT2D eigenvalue weighted by atomic mass is 9.84. The summed E-state index contributed by atoms with van der Waals surface area (Å²) in [5, 5.41) is 3.18. The van der Waals surface area contributed by atoms with E-state index in [-0.39, 0.29) is 36.6 Å². The molecule has 2 rings (SSSR count). The normalized spacial score (nSPS) is 28.3. The van der Waals surface area contributed by atoms with Crippen molar-refractivity contribution < 1.29 is 9.53 Å². The van der Waals surface area contributed by atoms with Crippen LogP contribution in [0, 0.1) is 5.92 Å². The second-order valence-electron chi connectivity index (χ2n) is 6.79. The van der Waals surface area contributed by atoms with Crippen molar-refractivity contribution in [2.75, 3.05) is 6.54 Å². The first-order valence-corrected chi connectivity index (χ1v) is 8.86. The number of nitrogens with one attached hydrogen (secondary N) is 1. The minimum Gasteiger partial charge on any atom is -0.365 e. The molecule has 0 saturated heterocycles. The molecule has 2 fully saturated rings. The van der Waals surface area contributed by atoms with Gasteiger partial charge in [-0.1, -0.05) is 38.5 Å². The van der Waals surface area contributed by atoms with Crippen molar-refractivity contribution in [2.45, 2.75) is 89.4 Å². The van der Waals surface area contributed by atoms with E-state index in [1.54, 1.807) is 0 Å². The van der Waals surface area contributed by atoms with Gasteiger partial charge in [-0.05, 0) is 45.1 Å². The summed E-state index contributed by atoms with van der Waals surface area (Å²) >= 11 is 0. The number of nitrogens with two attached hydrogens (primary N) is 1. The van der Waals surface area contributed by atoms with E-state index < -0.39 is 0 Å². The molecule has 0 spiro atoms. The number of ether oxygens (including phenoxy) is 1. The Balaban J connectivity index is 0.00000242. The monoisotopic (exact) mass is 332 g/mol. The minimum absolute atomic E-state index is 0. The lowest BCUT2D eigenvalue weighted by Crippen LogP contribution is -2.48. The van der Waals surface area contributed by atoms with E-state index in [0.29, 0.717) is 12.5 Å². The number of rotatable bonds is 5. The van der Waals surface area contributed by atoms with Gasteiger partial charge in [0.1, 0.15) is 6.10 Å². The molecular weight excluding hydrogens is 300 g/mol. The Bertz CT molecular complexity index is 320. The third-order valence-corrected chi connectivity index (χ3v) is 5.11. The molecule has 22 heavy (non-hydrogen) atoms. The Morgan fingerprint density at radius 1 is 1.09 bits per heavy atom. The third kappa shape index (κ3) is 6.05. The van der Waals surface area contributed by atoms with Gasteiger partial charge in [-0.2, -0.15) is 0 Å². The average molecular weight is 333 g/mol. The van der Waals surface area contributed by atoms with Crippen LogP contribution in [-0.4, -0.2) is 30.7 Å². The highest BCUT2D eigenvalue weighted by Crippen LogP contribution is 2.24. The van der Waals surface area contributed by atoms with E-state index >= 15 is 0 Å². The van der Waals surface area contributed by atoms with Crippen LogP contribution in [0.1, 0.15) is 71.1 Å². The van der Waals surface area contributed by atoms with Gasteiger partial charge in [-0.3, -0.25) is 4.79 Å². The molecule has 0 aromatic rings. The highest BCUT2D eigenvalue weighted by Gasteiger charge is 2.28. The zero-order chi connectivity index (χ0) is 15.1. The molecule has 2 aliphatic carbocycles. The standard InChI is InChI=1S/C17H32N2O2.ClH/c1-13(21-15-9-4-2-3-5-10-15)17(20)19-16-11-7-6-8-14(16)12-18;/h13-16H,2-12,18H2,1H3,(H,19,20);1H. The fraction of sp³-hybridized carbons (Fsp3) is 0.941. The van der Waals surface area contributed by atoms with E-state index in [9.17, 15) is 4.79 Å². The van der Waals surface area contributed by atoms with Crippen molar-refractivity contribution in [2.24, 2.45) is 11.7 Å². The summed E-state index contributed by atoms with van der Waals surface area (Å²) in [7, 11) is 0. The maximum atomic E-state index is 12.4. The van der Waals surface area contributed by atoms with Gasteiger partial charge < -0.3 is 15.8 Å². The van der Waals surface area contributed by atoms with Crippen LogP contribution in [-0.2, 0) is 9.53 Å². The first-order chi connectivity index (χ1) is 10.2. The molecule has 3 N–H and O–H groups in total. The van der Waals surface area contributed by atoms with Crippen LogP contribution in [0.2, 0.25) is 0 Å². The zero-order valence-electron chi connectivity index (χ0n) is 13.9. The first-order valence-electron chi connectivity index (χ1n) is 8.86. The zero-order valence-corrected chi connectivity index (χ0v) is 14.7. The van der Waals surface area contributed by atoms with Crippen LogP contribution < -0.4 is 11.1 Å². The van der Waals surface area contributed by atoms with E-state index in [1.165, 1.54) is 38.5 Å². The molecule has 2 saturated carbocycles. The summed E-state index contributed by atoms with van der Waals surface area (Å²) in [4.78, 5) is 12.4. The van der Waals surface area contributed by atoms with Gasteiger partial charge in [0.25, 0.3) is 0 Å². The van der Waals surface area contributed by atoms with Crippen LogP contribution in [0.4, 0.5) is 0 Å². The number of hydrogen-bond acceptors (Lipinski definition) is 3. The van der Waals surface area contributed by atoms with E-state index in [1.807, 2.05) is 6.92 Å². The SMILES string of the molecule is CC(OC1CCCCCC1)C(=O)NC1CCCCC1CN.Cl. The second kappa shape index (κ2) is 10.5. The third-order valence-electron chi connectivity index (χ3n) is 5.11. The molecule has 3 unspecified atom stereocenters. The minimum atomic E-state index is -0.339. The molecule has 4 nitrogen and oxygen atoms in total. The number of carbonyl (C=O) groups is 1. The largest absolute Gasteiger partial charge is 0.365 e. The predicted molar refractivity (Wildman–Crippen MR) is 92.2 cm³/mol. The van der Waals surface area contributed by atoms with Crippen molar-refractivity contribution in [3.05, 3.63) is 0 Å². The van der Waals surface area contributed by atoms with Gasteiger partial charge in [0.2, 0.25) is 5.91 Å². The van der Waals surface area contributed by atoms with Crippen molar-refractivity contribution in [3.63, 3.8) is 0 Å². The molecule has 3 atom stereocenters. The summed E-state index contributed by atoms with van der Waals surface area (Å²) in [6.07, 6.45) is 11.8. The van der Waals surface area contributed by atoms with Crippen LogP contribution in [0.5, 0.6) is 0 Å². The fourth-order valence-electron chi connectivity index (χ4n) is 3.71. The highest BCUT2D eigenvalue weighted by molar-refractivity contribution is 5.85. The van der Waals surface area contributed by atoms with Gasteiger partial charge in [0.15, 0.2) is 0 Å². The first kappa shape index (κ1) is 19.7. The lowest BCUT2D eigenvalue weighted by molar-refractivity contribution is -0.137. The topological polar surface area (TPSA) is 64.3 Å². The highest BCUT2D eigenvalue weighted by atomic mass is 35.5. The molecule has 0 heterocycles. The Labute approximate surface area is 141 Å². The summed E-state index contributed by atoms with van der Waals surface area (Å²) in [5.74, 6) is 0.484. The molecule has 0 radical (unpaired) electrons. The summed E-state index contributed by atoms with van der Waals surface area (Å²) in [6.45, 7) is 2.56. The summed E-state index contributed by atoms with van der Waals surface area (Å²) in [6, 6.07) is 0.247. The molecule has 0 aromatic heterocycles. The van der Waals surface area contributed by atoms with E-state index in [4.69, 9.17) is 10.5 Å². The maximum absolute atomic E-state index is 12.4. The Morgan fingerprint density at radius 2 is 1.68 bits per heavy atom. The van der Waals surface area contributed by atoms with Gasteiger partial charge in [-0.15, -0.1) is 12.4 Å². The van der Waals surface area contributed by atoms with Crippen molar-refractivity contribution >= 4 is 18.3 Å². The van der Waals surface area contributed by atoms with Crippen LogP contribution in [0.3, 0.4) is 0 Å². The Kier molecular flexibility index (Phi) is 9.37. The Morgan fingerprint density at radius 3 is 2.32 bits per heavy atom. The quantitative estimate of drug-likeness (QED) is 0.760. The predicted octanol–water partition coefficient (Wildman–Crippen LogP) is 3.17. The molecule has 0 aliphatic heterocycles. The van der Waals surface area contributed by atoms with Gasteiger partial charge in [-0.25, -0.2) is 0 Å². The van der Waals surface area contributed by atoms with Gasteiger partial charge in [0.05, 0.1) is 6.10 Å². The molecule has 130 valence electrons. The Hall–Kier alpha value is -0.320. The van der Waals surface area contributed by atoms with Gasteiger partial charge >= 0.3 is 0 Å². The number of amides is 1. The van der Waals surface area contributed by atoms with Crippen molar-refractivity contribution in [3.8, 4) is 0 Å². The molecule has 0 aromatic carbocycles. The average Bonchev–Trinajstić information content (AvgIpc) is 2.76. The summed E-state index contributed by atoms with van der Waals surface area (Å²) < 4.78 is 6.00. The molecule has 1 amide bonds. The van der Waals surface area contributed by atoms with Crippen molar-refractivity contribution in [1.29, 1.82) is 0 Å².